The second kappa shape index (κ2) is 4.97. The highest BCUT2D eigenvalue weighted by Gasteiger charge is 2.23. The van der Waals surface area contributed by atoms with Crippen molar-refractivity contribution in [2.24, 2.45) is 5.92 Å². The monoisotopic (exact) mass is 271 g/mol. The molecule has 0 fully saturated rings. The lowest BCUT2D eigenvalue weighted by Gasteiger charge is -2.20. The van der Waals surface area contributed by atoms with Gasteiger partial charge in [-0.2, -0.15) is 0 Å². The van der Waals surface area contributed by atoms with Gasteiger partial charge in [-0.25, -0.2) is 4.79 Å². The van der Waals surface area contributed by atoms with Crippen LogP contribution in [0.2, 0.25) is 0 Å². The first-order valence-electron chi connectivity index (χ1n) is 7.49. The summed E-state index contributed by atoms with van der Waals surface area (Å²) < 4.78 is 2.40. The number of nitrogens with zero attached hydrogens (tertiary/aromatic N) is 1. The average molecular weight is 271 g/mol. The van der Waals surface area contributed by atoms with Gasteiger partial charge in [0.05, 0.1) is 5.56 Å². The second-order valence-electron chi connectivity index (χ2n) is 5.96. The van der Waals surface area contributed by atoms with Crippen molar-refractivity contribution >= 4 is 16.9 Å². The van der Waals surface area contributed by atoms with E-state index in [0.717, 1.165) is 31.2 Å². The van der Waals surface area contributed by atoms with Crippen LogP contribution in [0.25, 0.3) is 10.9 Å². The molecule has 20 heavy (non-hydrogen) atoms. The number of carbonyl (C=O) groups is 1. The molecule has 1 aliphatic carbocycles. The van der Waals surface area contributed by atoms with E-state index in [1.807, 2.05) is 12.1 Å². The third-order valence-electron chi connectivity index (χ3n) is 4.41. The number of aromatic nitrogens is 1. The van der Waals surface area contributed by atoms with Crippen LogP contribution >= 0.6 is 0 Å². The fourth-order valence-electron chi connectivity index (χ4n) is 3.44. The smallest absolute Gasteiger partial charge is 0.335 e. The Bertz CT molecular complexity index is 669. The Kier molecular flexibility index (Phi) is 3.28. The fraction of sp³-hybridized carbons (Fsp3) is 0.471. The molecule has 1 unspecified atom stereocenters. The van der Waals surface area contributed by atoms with Crippen molar-refractivity contribution < 1.29 is 9.90 Å². The molecule has 0 saturated carbocycles. The highest BCUT2D eigenvalue weighted by Crippen LogP contribution is 2.35. The third-order valence-corrected chi connectivity index (χ3v) is 4.41. The number of aryl methyl sites for hydroxylation is 1. The molecule has 0 bridgehead atoms. The molecule has 3 nitrogen and oxygen atoms in total. The minimum Gasteiger partial charge on any atom is -0.478 e. The zero-order valence-corrected chi connectivity index (χ0v) is 12.1. The largest absolute Gasteiger partial charge is 0.478 e. The molecule has 3 heteroatoms. The lowest BCUT2D eigenvalue weighted by Crippen LogP contribution is -2.13. The van der Waals surface area contributed by atoms with Gasteiger partial charge < -0.3 is 9.67 Å². The van der Waals surface area contributed by atoms with E-state index < -0.39 is 5.97 Å². The zero-order chi connectivity index (χ0) is 14.3. The summed E-state index contributed by atoms with van der Waals surface area (Å²) in [4.78, 5) is 11.2. The first kappa shape index (κ1) is 13.2. The standard InChI is InChI=1S/C17H21NO2/c1-3-8-18-15-6-4-11(2)9-13(15)14-10-12(17(19)20)5-7-16(14)18/h5,7,10-11H,3-4,6,8-9H2,1-2H3,(H,19,20). The summed E-state index contributed by atoms with van der Waals surface area (Å²) in [7, 11) is 0. The van der Waals surface area contributed by atoms with Crippen LogP contribution < -0.4 is 0 Å². The van der Waals surface area contributed by atoms with Crippen LogP contribution in [0.3, 0.4) is 0 Å². The summed E-state index contributed by atoms with van der Waals surface area (Å²) >= 11 is 0. The minimum atomic E-state index is -0.840. The molecule has 0 amide bonds. The van der Waals surface area contributed by atoms with Crippen molar-refractivity contribution in [1.29, 1.82) is 0 Å². The zero-order valence-electron chi connectivity index (χ0n) is 12.1. The van der Waals surface area contributed by atoms with Crippen molar-refractivity contribution in [1.82, 2.24) is 4.57 Å². The Hall–Kier alpha value is -1.77. The van der Waals surface area contributed by atoms with Gasteiger partial charge in [0.15, 0.2) is 0 Å². The molecule has 0 saturated heterocycles. The van der Waals surface area contributed by atoms with Crippen LogP contribution in [0.5, 0.6) is 0 Å². The predicted molar refractivity (Wildman–Crippen MR) is 80.4 cm³/mol. The molecule has 1 aliphatic rings. The van der Waals surface area contributed by atoms with Gasteiger partial charge in [0.1, 0.15) is 0 Å². The van der Waals surface area contributed by atoms with Crippen molar-refractivity contribution in [2.75, 3.05) is 0 Å². The predicted octanol–water partition coefficient (Wildman–Crippen LogP) is 3.87. The molecule has 106 valence electrons. The SMILES string of the molecule is CCCn1c2c(c3cc(C(=O)O)ccc31)CC(C)CC2. The summed E-state index contributed by atoms with van der Waals surface area (Å²) in [5.74, 6) is -0.149. The van der Waals surface area contributed by atoms with Gasteiger partial charge >= 0.3 is 5.97 Å². The number of benzene rings is 1. The number of aromatic carboxylic acids is 1. The van der Waals surface area contributed by atoms with E-state index in [4.69, 9.17) is 0 Å². The number of rotatable bonds is 3. The van der Waals surface area contributed by atoms with Crippen molar-refractivity contribution in [2.45, 2.75) is 46.1 Å². The molecule has 1 N–H and O–H groups in total. The van der Waals surface area contributed by atoms with Crippen molar-refractivity contribution in [3.05, 3.63) is 35.0 Å². The van der Waals surface area contributed by atoms with Gasteiger partial charge in [-0.15, -0.1) is 0 Å². The van der Waals surface area contributed by atoms with E-state index in [-0.39, 0.29) is 0 Å². The van der Waals surface area contributed by atoms with Crippen LogP contribution in [0, 0.1) is 5.92 Å². The van der Waals surface area contributed by atoms with Crippen LogP contribution in [-0.2, 0) is 19.4 Å². The average Bonchev–Trinajstić information content (AvgIpc) is 2.73. The van der Waals surface area contributed by atoms with Crippen LogP contribution in [0.4, 0.5) is 0 Å². The Morgan fingerprint density at radius 1 is 1.45 bits per heavy atom. The molecular weight excluding hydrogens is 250 g/mol. The van der Waals surface area contributed by atoms with Crippen molar-refractivity contribution in [3.8, 4) is 0 Å². The number of carboxylic acids is 1. The van der Waals surface area contributed by atoms with Crippen LogP contribution in [0.15, 0.2) is 18.2 Å². The van der Waals surface area contributed by atoms with Crippen molar-refractivity contribution in [3.63, 3.8) is 0 Å². The number of fused-ring (bicyclic) bond motifs is 3. The van der Waals surface area contributed by atoms with Crippen LogP contribution in [-0.4, -0.2) is 15.6 Å². The molecule has 3 rings (SSSR count). The Labute approximate surface area is 119 Å². The first-order chi connectivity index (χ1) is 9.61. The van der Waals surface area contributed by atoms with Gasteiger partial charge in [0.25, 0.3) is 0 Å². The van der Waals surface area contributed by atoms with E-state index >= 15 is 0 Å². The Balaban J connectivity index is 2.25. The van der Waals surface area contributed by atoms with E-state index in [9.17, 15) is 9.90 Å². The van der Waals surface area contributed by atoms with E-state index in [2.05, 4.69) is 18.4 Å². The topological polar surface area (TPSA) is 42.2 Å². The molecule has 0 radical (unpaired) electrons. The summed E-state index contributed by atoms with van der Waals surface area (Å²) in [5.41, 5.74) is 4.42. The molecule has 1 aromatic heterocycles. The van der Waals surface area contributed by atoms with Gasteiger partial charge in [0.2, 0.25) is 0 Å². The lowest BCUT2D eigenvalue weighted by molar-refractivity contribution is 0.0697. The van der Waals surface area contributed by atoms with Gasteiger partial charge in [0, 0.05) is 23.1 Å². The van der Waals surface area contributed by atoms with E-state index in [1.165, 1.54) is 23.2 Å². The fourth-order valence-corrected chi connectivity index (χ4v) is 3.44. The molecular formula is C17H21NO2. The quantitative estimate of drug-likeness (QED) is 0.920. The Morgan fingerprint density at radius 2 is 2.25 bits per heavy atom. The van der Waals surface area contributed by atoms with Gasteiger partial charge in [-0.1, -0.05) is 13.8 Å². The highest BCUT2D eigenvalue weighted by atomic mass is 16.4. The normalized spacial score (nSPS) is 18.2. The number of carboxylic acid groups (broad SMARTS) is 1. The summed E-state index contributed by atoms with van der Waals surface area (Å²) in [6.07, 6.45) is 4.53. The molecule has 2 aromatic rings. The third kappa shape index (κ3) is 2.01. The van der Waals surface area contributed by atoms with E-state index in [0.29, 0.717) is 11.5 Å². The molecule has 1 aromatic carbocycles. The lowest BCUT2D eigenvalue weighted by atomic mass is 9.87. The minimum absolute atomic E-state index is 0.396. The first-order valence-corrected chi connectivity index (χ1v) is 7.49. The summed E-state index contributed by atoms with van der Waals surface area (Å²) in [5, 5.41) is 10.4. The van der Waals surface area contributed by atoms with Crippen LogP contribution in [0.1, 0.15) is 48.3 Å². The second-order valence-corrected chi connectivity index (χ2v) is 5.96. The summed E-state index contributed by atoms with van der Waals surface area (Å²) in [6, 6.07) is 5.57. The molecule has 1 atom stereocenters. The summed E-state index contributed by atoms with van der Waals surface area (Å²) in [6.45, 7) is 5.49. The Morgan fingerprint density at radius 3 is 2.95 bits per heavy atom. The molecule has 1 heterocycles. The van der Waals surface area contributed by atoms with E-state index in [1.54, 1.807) is 6.07 Å². The number of hydrogen-bond acceptors (Lipinski definition) is 1. The maximum absolute atomic E-state index is 11.2. The maximum atomic E-state index is 11.2. The van der Waals surface area contributed by atoms with Gasteiger partial charge in [-0.3, -0.25) is 0 Å². The maximum Gasteiger partial charge on any atom is 0.335 e. The highest BCUT2D eigenvalue weighted by molar-refractivity contribution is 5.95. The van der Waals surface area contributed by atoms with Gasteiger partial charge in [-0.05, 0) is 55.4 Å². The molecule has 0 spiro atoms. The molecule has 0 aliphatic heterocycles. The number of hydrogen-bond donors (Lipinski definition) is 1.